The van der Waals surface area contributed by atoms with Crippen LogP contribution in [0.1, 0.15) is 37.4 Å². The number of hydrogen-bond acceptors (Lipinski definition) is 3. The molecule has 1 aromatic heterocycles. The Morgan fingerprint density at radius 2 is 2.09 bits per heavy atom. The van der Waals surface area contributed by atoms with E-state index < -0.39 is 0 Å². The van der Waals surface area contributed by atoms with Crippen molar-refractivity contribution in [3.8, 4) is 0 Å². The molecular weight excluding hydrogens is 409 g/mol. The van der Waals surface area contributed by atoms with E-state index in [1.807, 2.05) is 25.2 Å². The minimum Gasteiger partial charge on any atom is -0.377 e. The van der Waals surface area contributed by atoms with Gasteiger partial charge >= 0.3 is 0 Å². The zero-order valence-corrected chi connectivity index (χ0v) is 17.7. The molecular formula is C16H30IN3OS. The predicted molar refractivity (Wildman–Crippen MR) is 108 cm³/mol. The Hall–Kier alpha value is -0.340. The first-order chi connectivity index (χ1) is 9.86. The first-order valence-electron chi connectivity index (χ1n) is 7.51. The summed E-state index contributed by atoms with van der Waals surface area (Å²) < 4.78 is 5.41. The van der Waals surface area contributed by atoms with E-state index in [-0.39, 0.29) is 29.6 Å². The van der Waals surface area contributed by atoms with Gasteiger partial charge in [0, 0.05) is 35.9 Å². The quantitative estimate of drug-likeness (QED) is 0.388. The number of nitrogens with one attached hydrogen (secondary N) is 2. The Balaban J connectivity index is 0.00000441. The lowest BCUT2D eigenvalue weighted by Gasteiger charge is -2.22. The third kappa shape index (κ3) is 8.33. The molecule has 0 aliphatic heterocycles. The number of rotatable bonds is 7. The van der Waals surface area contributed by atoms with Crippen molar-refractivity contribution in [2.45, 2.75) is 52.7 Å². The summed E-state index contributed by atoms with van der Waals surface area (Å²) in [6.07, 6.45) is 1.01. The molecule has 0 aliphatic carbocycles. The van der Waals surface area contributed by atoms with Crippen LogP contribution in [-0.4, -0.2) is 37.8 Å². The highest BCUT2D eigenvalue weighted by Gasteiger charge is 2.16. The van der Waals surface area contributed by atoms with Gasteiger partial charge in [-0.05, 0) is 46.8 Å². The van der Waals surface area contributed by atoms with Crippen LogP contribution in [0.15, 0.2) is 17.1 Å². The summed E-state index contributed by atoms with van der Waals surface area (Å²) in [5, 5.41) is 6.75. The second kappa shape index (κ2) is 10.4. The smallest absolute Gasteiger partial charge is 0.191 e. The van der Waals surface area contributed by atoms with E-state index in [1.165, 1.54) is 9.75 Å². The Morgan fingerprint density at radius 3 is 2.59 bits per heavy atom. The summed E-state index contributed by atoms with van der Waals surface area (Å²) in [7, 11) is 1.72. The van der Waals surface area contributed by atoms with Gasteiger partial charge in [0.1, 0.15) is 0 Å². The van der Waals surface area contributed by atoms with Crippen LogP contribution in [0.3, 0.4) is 0 Å². The zero-order valence-electron chi connectivity index (χ0n) is 14.5. The number of hydrogen-bond donors (Lipinski definition) is 2. The van der Waals surface area contributed by atoms with Gasteiger partial charge in [-0.3, -0.25) is 4.99 Å². The lowest BCUT2D eigenvalue weighted by Crippen LogP contribution is -2.44. The number of thiophene rings is 1. The van der Waals surface area contributed by atoms with Crippen molar-refractivity contribution in [2.24, 2.45) is 4.99 Å². The standard InChI is InChI=1S/C16H29N3OS.HI/c1-7-17-15(18-11-16(4,5)20-6)19-12(2)10-14-9-8-13(3)21-14;/h8-9,12H,7,10-11H2,1-6H3,(H2,17,18,19);1H. The summed E-state index contributed by atoms with van der Waals surface area (Å²) in [4.78, 5) is 7.38. The fraction of sp³-hybridized carbons (Fsp3) is 0.688. The van der Waals surface area contributed by atoms with Gasteiger partial charge in [0.05, 0.1) is 12.1 Å². The molecule has 0 fully saturated rings. The van der Waals surface area contributed by atoms with E-state index >= 15 is 0 Å². The molecule has 4 nitrogen and oxygen atoms in total. The molecule has 6 heteroatoms. The average Bonchev–Trinajstić information content (AvgIpc) is 2.81. The Kier molecular flexibility index (Phi) is 10.3. The maximum Gasteiger partial charge on any atom is 0.191 e. The Bertz CT molecular complexity index is 460. The molecule has 1 unspecified atom stereocenters. The van der Waals surface area contributed by atoms with Crippen molar-refractivity contribution in [2.75, 3.05) is 20.2 Å². The summed E-state index contributed by atoms with van der Waals surface area (Å²) in [6, 6.07) is 4.72. The monoisotopic (exact) mass is 439 g/mol. The van der Waals surface area contributed by atoms with E-state index in [1.54, 1.807) is 7.11 Å². The van der Waals surface area contributed by atoms with Crippen LogP contribution in [0.2, 0.25) is 0 Å². The number of ether oxygens (including phenoxy) is 1. The van der Waals surface area contributed by atoms with Crippen LogP contribution in [0.25, 0.3) is 0 Å². The molecule has 1 aromatic rings. The summed E-state index contributed by atoms with van der Waals surface area (Å²) in [5.41, 5.74) is -0.240. The topological polar surface area (TPSA) is 45.7 Å². The first-order valence-corrected chi connectivity index (χ1v) is 8.33. The molecule has 22 heavy (non-hydrogen) atoms. The molecule has 0 spiro atoms. The third-order valence-corrected chi connectivity index (χ3v) is 4.22. The van der Waals surface area contributed by atoms with Gasteiger partial charge in [0.2, 0.25) is 0 Å². The van der Waals surface area contributed by atoms with Gasteiger partial charge in [0.25, 0.3) is 0 Å². The molecule has 0 amide bonds. The van der Waals surface area contributed by atoms with Crippen molar-refractivity contribution in [1.29, 1.82) is 0 Å². The Labute approximate surface area is 156 Å². The second-order valence-corrected chi connectivity index (χ2v) is 7.29. The van der Waals surface area contributed by atoms with Crippen LogP contribution < -0.4 is 10.6 Å². The van der Waals surface area contributed by atoms with Crippen LogP contribution in [0, 0.1) is 6.92 Å². The summed E-state index contributed by atoms with van der Waals surface area (Å²) in [5.74, 6) is 0.850. The minimum atomic E-state index is -0.240. The SMILES string of the molecule is CCNC(=NCC(C)(C)OC)NC(C)Cc1ccc(C)s1.I. The number of aliphatic imine (C=N–C) groups is 1. The second-order valence-electron chi connectivity index (χ2n) is 5.92. The van der Waals surface area contributed by atoms with E-state index in [0.717, 1.165) is 18.9 Å². The van der Waals surface area contributed by atoms with E-state index in [2.05, 4.69) is 48.5 Å². The summed E-state index contributed by atoms with van der Waals surface area (Å²) in [6.45, 7) is 12.0. The maximum absolute atomic E-state index is 5.41. The third-order valence-electron chi connectivity index (χ3n) is 3.20. The fourth-order valence-corrected chi connectivity index (χ4v) is 2.85. The van der Waals surface area contributed by atoms with Crippen molar-refractivity contribution in [3.63, 3.8) is 0 Å². The molecule has 1 heterocycles. The van der Waals surface area contributed by atoms with Gasteiger partial charge in [0.15, 0.2) is 5.96 Å². The highest BCUT2D eigenvalue weighted by Crippen LogP contribution is 2.16. The number of methoxy groups -OCH3 is 1. The van der Waals surface area contributed by atoms with Crippen LogP contribution in [-0.2, 0) is 11.2 Å². The number of nitrogens with zero attached hydrogens (tertiary/aromatic N) is 1. The van der Waals surface area contributed by atoms with Gasteiger partial charge in [-0.25, -0.2) is 0 Å². The molecule has 128 valence electrons. The minimum absolute atomic E-state index is 0. The molecule has 0 saturated heterocycles. The number of aryl methyl sites for hydroxylation is 1. The lowest BCUT2D eigenvalue weighted by molar-refractivity contribution is 0.0310. The van der Waals surface area contributed by atoms with Crippen LogP contribution >= 0.6 is 35.3 Å². The average molecular weight is 439 g/mol. The van der Waals surface area contributed by atoms with E-state index in [4.69, 9.17) is 4.74 Å². The van der Waals surface area contributed by atoms with Crippen LogP contribution in [0.4, 0.5) is 0 Å². The first kappa shape index (κ1) is 21.7. The molecule has 0 radical (unpaired) electrons. The molecule has 2 N–H and O–H groups in total. The lowest BCUT2D eigenvalue weighted by atomic mass is 10.1. The highest BCUT2D eigenvalue weighted by atomic mass is 127. The van der Waals surface area contributed by atoms with Gasteiger partial charge < -0.3 is 15.4 Å². The van der Waals surface area contributed by atoms with Crippen molar-refractivity contribution < 1.29 is 4.74 Å². The van der Waals surface area contributed by atoms with Crippen molar-refractivity contribution in [1.82, 2.24) is 10.6 Å². The van der Waals surface area contributed by atoms with Gasteiger partial charge in [-0.15, -0.1) is 35.3 Å². The van der Waals surface area contributed by atoms with Gasteiger partial charge in [-0.2, -0.15) is 0 Å². The Morgan fingerprint density at radius 1 is 1.41 bits per heavy atom. The maximum atomic E-state index is 5.41. The molecule has 1 rings (SSSR count). The largest absolute Gasteiger partial charge is 0.377 e. The fourth-order valence-electron chi connectivity index (χ4n) is 1.84. The molecule has 0 aromatic carbocycles. The molecule has 1 atom stereocenters. The zero-order chi connectivity index (χ0) is 15.9. The normalized spacial score (nSPS) is 13.5. The highest BCUT2D eigenvalue weighted by molar-refractivity contribution is 14.0. The van der Waals surface area contributed by atoms with Crippen LogP contribution in [0.5, 0.6) is 0 Å². The molecule has 0 bridgehead atoms. The predicted octanol–water partition coefficient (Wildman–Crippen LogP) is 3.59. The molecule has 0 saturated carbocycles. The van der Waals surface area contributed by atoms with Gasteiger partial charge in [-0.1, -0.05) is 0 Å². The van der Waals surface area contributed by atoms with E-state index in [0.29, 0.717) is 12.6 Å². The number of halogens is 1. The summed E-state index contributed by atoms with van der Waals surface area (Å²) >= 11 is 1.86. The van der Waals surface area contributed by atoms with E-state index in [9.17, 15) is 0 Å². The van der Waals surface area contributed by atoms with Crippen molar-refractivity contribution in [3.05, 3.63) is 21.9 Å². The van der Waals surface area contributed by atoms with Crippen molar-refractivity contribution >= 4 is 41.3 Å². The molecule has 0 aliphatic rings. The number of guanidine groups is 1.